The summed E-state index contributed by atoms with van der Waals surface area (Å²) in [4.78, 5) is 59.7. The van der Waals surface area contributed by atoms with Gasteiger partial charge in [-0.15, -0.1) is 0 Å². The smallest absolute Gasteiger partial charge is 0.317 e. The highest BCUT2D eigenvalue weighted by molar-refractivity contribution is 6.01. The van der Waals surface area contributed by atoms with E-state index in [9.17, 15) is 19.2 Å². The van der Waals surface area contributed by atoms with Gasteiger partial charge >= 0.3 is 6.03 Å². The molecule has 0 bridgehead atoms. The maximum Gasteiger partial charge on any atom is 0.317 e. The van der Waals surface area contributed by atoms with Gasteiger partial charge < -0.3 is 29.7 Å². The van der Waals surface area contributed by atoms with Gasteiger partial charge in [-0.2, -0.15) is 0 Å². The molecule has 0 aliphatic carbocycles. The fourth-order valence-corrected chi connectivity index (χ4v) is 7.35. The molecule has 4 amide bonds. The Morgan fingerprint density at radius 2 is 1.76 bits per heavy atom. The number of imide groups is 1. The highest BCUT2D eigenvalue weighted by Gasteiger charge is 2.29. The number of amides is 4. The number of pyridine rings is 1. The number of aryl methyl sites for hydroxylation is 1. The summed E-state index contributed by atoms with van der Waals surface area (Å²) < 4.78 is 22.8. The molecule has 0 saturated carbocycles. The number of halogens is 1. The van der Waals surface area contributed by atoms with E-state index in [0.29, 0.717) is 74.6 Å². The zero-order valence-electron chi connectivity index (χ0n) is 28.9. The van der Waals surface area contributed by atoms with E-state index in [1.807, 2.05) is 35.2 Å². The van der Waals surface area contributed by atoms with Crippen molar-refractivity contribution in [3.05, 3.63) is 75.5 Å². The van der Waals surface area contributed by atoms with Crippen LogP contribution in [0.4, 0.5) is 20.6 Å². The Bertz CT molecular complexity index is 1910. The van der Waals surface area contributed by atoms with E-state index in [0.717, 1.165) is 48.4 Å². The minimum atomic E-state index is -0.419. The Morgan fingerprint density at radius 3 is 2.47 bits per heavy atom. The normalized spacial score (nSPS) is 19.5. The Kier molecular flexibility index (Phi) is 9.76. The molecule has 1 unspecified atom stereocenters. The molecule has 0 radical (unpaired) electrons. The number of carbonyl (C=O) groups excluding carboxylic acids is 3. The summed E-state index contributed by atoms with van der Waals surface area (Å²) in [6.45, 7) is 4.58. The number of hydrogen-bond donors (Lipinski definition) is 3. The van der Waals surface area contributed by atoms with Gasteiger partial charge in [-0.05, 0) is 61.2 Å². The number of piperidine rings is 2. The van der Waals surface area contributed by atoms with Gasteiger partial charge in [-0.1, -0.05) is 0 Å². The number of rotatable bonds is 8. The highest BCUT2D eigenvalue weighted by Crippen LogP contribution is 2.34. The van der Waals surface area contributed by atoms with Crippen LogP contribution in [0, 0.1) is 5.82 Å². The van der Waals surface area contributed by atoms with Crippen LogP contribution in [-0.2, 0) is 29.7 Å². The van der Waals surface area contributed by atoms with Crippen LogP contribution in [0.15, 0.2) is 52.4 Å². The van der Waals surface area contributed by atoms with E-state index in [-0.39, 0.29) is 35.3 Å². The Labute approximate surface area is 295 Å². The SMILES string of the molecule is COc1cc(-c2cn(C)c(=O)c3c2C=NC3)cc(F)c1CN1CCN(C(=O)NC2CCN(c3ccc(NC4CCC(=O)NC4=O)cc3)CC2)CC1. The maximum atomic E-state index is 15.7. The number of piperazine rings is 1. The third-order valence-corrected chi connectivity index (χ3v) is 10.3. The predicted octanol–water partition coefficient (Wildman–Crippen LogP) is 2.85. The Balaban J connectivity index is 0.884. The van der Waals surface area contributed by atoms with Gasteiger partial charge in [0.1, 0.15) is 17.6 Å². The van der Waals surface area contributed by atoms with Crippen molar-refractivity contribution in [1.29, 1.82) is 0 Å². The lowest BCUT2D eigenvalue weighted by molar-refractivity contribution is -0.133. The number of carbonyl (C=O) groups is 3. The Hall–Kier alpha value is -5.24. The molecule has 3 saturated heterocycles. The second-order valence-electron chi connectivity index (χ2n) is 13.6. The third-order valence-electron chi connectivity index (χ3n) is 10.3. The summed E-state index contributed by atoms with van der Waals surface area (Å²) in [5.41, 5.74) is 4.95. The van der Waals surface area contributed by atoms with Gasteiger partial charge in [0, 0.05) is 111 Å². The van der Waals surface area contributed by atoms with Crippen molar-refractivity contribution >= 4 is 35.4 Å². The molecule has 3 fully saturated rings. The fourth-order valence-electron chi connectivity index (χ4n) is 7.35. The molecule has 0 spiro atoms. The van der Waals surface area contributed by atoms with E-state index in [1.165, 1.54) is 17.7 Å². The maximum absolute atomic E-state index is 15.7. The molecule has 4 aliphatic heterocycles. The first kappa shape index (κ1) is 34.2. The quantitative estimate of drug-likeness (QED) is 0.306. The lowest BCUT2D eigenvalue weighted by Crippen LogP contribution is -2.54. The van der Waals surface area contributed by atoms with Crippen LogP contribution in [0.3, 0.4) is 0 Å². The van der Waals surface area contributed by atoms with E-state index in [2.05, 4.69) is 30.7 Å². The van der Waals surface area contributed by atoms with Crippen LogP contribution in [-0.4, -0.2) is 96.9 Å². The summed E-state index contributed by atoms with van der Waals surface area (Å²) in [6, 6.07) is 10.8. The molecule has 3 N–H and O–H groups in total. The summed E-state index contributed by atoms with van der Waals surface area (Å²) in [5.74, 6) is -0.468. The first-order chi connectivity index (χ1) is 24.7. The van der Waals surface area contributed by atoms with E-state index in [1.54, 1.807) is 19.5 Å². The van der Waals surface area contributed by atoms with Gasteiger partial charge in [-0.3, -0.25) is 29.6 Å². The number of hydrogen-bond acceptors (Lipinski definition) is 9. The molecule has 1 aromatic heterocycles. The molecule has 14 heteroatoms. The minimum Gasteiger partial charge on any atom is -0.496 e. The first-order valence-electron chi connectivity index (χ1n) is 17.5. The van der Waals surface area contributed by atoms with Gasteiger partial charge in [0.15, 0.2) is 0 Å². The van der Waals surface area contributed by atoms with E-state index in [4.69, 9.17) is 4.74 Å². The molecule has 4 aliphatic rings. The number of benzene rings is 2. The van der Waals surface area contributed by atoms with Crippen LogP contribution in [0.1, 0.15) is 42.4 Å². The van der Waals surface area contributed by atoms with Crippen molar-refractivity contribution in [2.24, 2.45) is 12.0 Å². The topological polar surface area (TPSA) is 141 Å². The van der Waals surface area contributed by atoms with Crippen LogP contribution in [0.25, 0.3) is 11.1 Å². The number of urea groups is 1. The van der Waals surface area contributed by atoms with Gasteiger partial charge in [0.05, 0.1) is 13.7 Å². The second-order valence-corrected chi connectivity index (χ2v) is 13.6. The predicted molar refractivity (Wildman–Crippen MR) is 192 cm³/mol. The van der Waals surface area contributed by atoms with Gasteiger partial charge in [0.2, 0.25) is 11.8 Å². The summed E-state index contributed by atoms with van der Waals surface area (Å²) in [7, 11) is 3.21. The van der Waals surface area contributed by atoms with Crippen molar-refractivity contribution < 1.29 is 23.5 Å². The summed E-state index contributed by atoms with van der Waals surface area (Å²) >= 11 is 0. The highest BCUT2D eigenvalue weighted by atomic mass is 19.1. The molecule has 51 heavy (non-hydrogen) atoms. The summed E-state index contributed by atoms with van der Waals surface area (Å²) in [5, 5.41) is 8.80. The van der Waals surface area contributed by atoms with Crippen molar-refractivity contribution in [1.82, 2.24) is 25.0 Å². The number of ether oxygens (including phenoxy) is 1. The molecule has 3 aromatic rings. The van der Waals surface area contributed by atoms with Gasteiger partial charge in [0.25, 0.3) is 5.56 Å². The number of nitrogens with one attached hydrogen (secondary N) is 3. The number of aromatic nitrogens is 1. The molecular formula is C37H43FN8O5. The molecule has 5 heterocycles. The molecular weight excluding hydrogens is 655 g/mol. The van der Waals surface area contributed by atoms with E-state index >= 15 is 4.39 Å². The van der Waals surface area contributed by atoms with Crippen molar-refractivity contribution in [2.75, 3.05) is 56.6 Å². The lowest BCUT2D eigenvalue weighted by Gasteiger charge is -2.38. The third kappa shape index (κ3) is 7.32. The van der Waals surface area contributed by atoms with Crippen molar-refractivity contribution in [3.63, 3.8) is 0 Å². The monoisotopic (exact) mass is 698 g/mol. The summed E-state index contributed by atoms with van der Waals surface area (Å²) in [6.07, 6.45) is 5.85. The van der Waals surface area contributed by atoms with Gasteiger partial charge in [-0.25, -0.2) is 9.18 Å². The lowest BCUT2D eigenvalue weighted by atomic mass is 9.97. The van der Waals surface area contributed by atoms with Crippen molar-refractivity contribution in [3.8, 4) is 16.9 Å². The number of fused-ring (bicyclic) bond motifs is 1. The van der Waals surface area contributed by atoms with Crippen molar-refractivity contribution in [2.45, 2.75) is 50.9 Å². The van der Waals surface area contributed by atoms with Crippen LogP contribution >= 0.6 is 0 Å². The number of nitrogens with zero attached hydrogens (tertiary/aromatic N) is 5. The fraction of sp³-hybridized carbons (Fsp3) is 0.432. The average molecular weight is 699 g/mol. The zero-order chi connectivity index (χ0) is 35.6. The van der Waals surface area contributed by atoms with Crippen LogP contribution in [0.2, 0.25) is 0 Å². The second kappa shape index (κ2) is 14.5. The largest absolute Gasteiger partial charge is 0.496 e. The van der Waals surface area contributed by atoms with Crippen LogP contribution < -0.4 is 31.1 Å². The zero-order valence-corrected chi connectivity index (χ0v) is 28.9. The molecule has 7 rings (SSSR count). The van der Waals surface area contributed by atoms with E-state index < -0.39 is 6.04 Å². The molecule has 1 atom stereocenters. The minimum absolute atomic E-state index is 0.0709. The standard InChI is InChI=1S/C37H43FN8O5/c1-43-21-29(27-19-39-20-28(27)36(43)49)23-17-31(38)30(33(18-23)51-2)22-44-13-15-46(16-14-44)37(50)41-25-9-11-45(12-10-25)26-5-3-24(4-6-26)40-32-7-8-34(47)42-35(32)48/h3-6,17-19,21,25,32,40H,7-16,20,22H2,1-2H3,(H,41,50)(H,42,47,48). The molecule has 268 valence electrons. The average Bonchev–Trinajstić information content (AvgIpc) is 3.63. The molecule has 13 nitrogen and oxygen atoms in total. The number of aliphatic imine (C=N–C) groups is 1. The molecule has 2 aromatic carbocycles. The number of methoxy groups -OCH3 is 1. The Morgan fingerprint density at radius 1 is 1.02 bits per heavy atom. The first-order valence-corrected chi connectivity index (χ1v) is 17.5. The number of anilines is 2. The van der Waals surface area contributed by atoms with Crippen LogP contribution in [0.5, 0.6) is 5.75 Å².